The van der Waals surface area contributed by atoms with Gasteiger partial charge in [0.15, 0.2) is 11.5 Å². The summed E-state index contributed by atoms with van der Waals surface area (Å²) < 4.78 is 32.3. The van der Waals surface area contributed by atoms with Gasteiger partial charge in [0.25, 0.3) is 5.91 Å². The Hall–Kier alpha value is -3.78. The number of halogens is 2. The molecule has 4 aromatic rings. The lowest BCUT2D eigenvalue weighted by molar-refractivity contribution is 0.0948. The van der Waals surface area contributed by atoms with Crippen LogP contribution in [0.15, 0.2) is 54.6 Å². The number of imidazole rings is 1. The molecule has 0 unspecified atom stereocenters. The highest BCUT2D eigenvalue weighted by Crippen LogP contribution is 2.38. The first-order valence-corrected chi connectivity index (χ1v) is 10.8. The zero-order chi connectivity index (χ0) is 24.2. The number of ether oxygens (including phenoxy) is 3. The van der Waals surface area contributed by atoms with Crippen molar-refractivity contribution in [1.29, 1.82) is 0 Å². The SMILES string of the molecule is COc1cc(C(=O)NCc2nc3ccccc3n2Cc2c(F)cccc2Cl)cc(OC)c1OC. The third kappa shape index (κ3) is 4.49. The summed E-state index contributed by atoms with van der Waals surface area (Å²) in [6.45, 7) is 0.275. The van der Waals surface area contributed by atoms with Gasteiger partial charge in [-0.05, 0) is 36.4 Å². The van der Waals surface area contributed by atoms with Gasteiger partial charge in [-0.25, -0.2) is 9.37 Å². The number of nitrogens with one attached hydrogen (secondary N) is 1. The number of carbonyl (C=O) groups is 1. The van der Waals surface area contributed by atoms with Crippen molar-refractivity contribution in [1.82, 2.24) is 14.9 Å². The monoisotopic (exact) mass is 483 g/mol. The summed E-state index contributed by atoms with van der Waals surface area (Å²) in [5.74, 6) is 0.924. The molecule has 0 aliphatic carbocycles. The number of nitrogens with zero attached hydrogens (tertiary/aromatic N) is 2. The first-order chi connectivity index (χ1) is 16.5. The average Bonchev–Trinajstić information content (AvgIpc) is 3.20. The number of rotatable bonds is 8. The van der Waals surface area contributed by atoms with E-state index in [2.05, 4.69) is 10.3 Å². The fourth-order valence-corrected chi connectivity index (χ4v) is 3.97. The van der Waals surface area contributed by atoms with E-state index < -0.39 is 5.82 Å². The Morgan fingerprint density at radius 1 is 1.03 bits per heavy atom. The van der Waals surface area contributed by atoms with E-state index in [1.165, 1.54) is 27.4 Å². The Balaban J connectivity index is 1.64. The van der Waals surface area contributed by atoms with Crippen LogP contribution in [0.5, 0.6) is 17.2 Å². The minimum Gasteiger partial charge on any atom is -0.493 e. The molecule has 1 amide bonds. The average molecular weight is 484 g/mol. The van der Waals surface area contributed by atoms with Crippen LogP contribution in [0.1, 0.15) is 21.7 Å². The Kier molecular flexibility index (Phi) is 6.88. The maximum absolute atomic E-state index is 14.5. The van der Waals surface area contributed by atoms with Gasteiger partial charge >= 0.3 is 0 Å². The van der Waals surface area contributed by atoms with E-state index in [4.69, 9.17) is 25.8 Å². The van der Waals surface area contributed by atoms with Gasteiger partial charge in [0.05, 0.1) is 45.5 Å². The highest BCUT2D eigenvalue weighted by molar-refractivity contribution is 6.31. The highest BCUT2D eigenvalue weighted by atomic mass is 35.5. The van der Waals surface area contributed by atoms with E-state index in [0.29, 0.717) is 39.2 Å². The third-order valence-electron chi connectivity index (χ3n) is 5.45. The number of hydrogen-bond donors (Lipinski definition) is 1. The number of fused-ring (bicyclic) bond motifs is 1. The van der Waals surface area contributed by atoms with Crippen LogP contribution < -0.4 is 19.5 Å². The van der Waals surface area contributed by atoms with Crippen LogP contribution in [0.25, 0.3) is 11.0 Å². The van der Waals surface area contributed by atoms with Crippen LogP contribution >= 0.6 is 11.6 Å². The molecular formula is C25H23ClFN3O4. The Morgan fingerprint density at radius 2 is 1.74 bits per heavy atom. The summed E-state index contributed by atoms with van der Waals surface area (Å²) in [6, 6.07) is 15.2. The molecular weight excluding hydrogens is 461 g/mol. The Morgan fingerprint density at radius 3 is 2.38 bits per heavy atom. The third-order valence-corrected chi connectivity index (χ3v) is 5.80. The number of carbonyl (C=O) groups excluding carboxylic acids is 1. The number of hydrogen-bond acceptors (Lipinski definition) is 5. The lowest BCUT2D eigenvalue weighted by atomic mass is 10.1. The Labute approximate surface area is 201 Å². The second-order valence-corrected chi connectivity index (χ2v) is 7.81. The smallest absolute Gasteiger partial charge is 0.251 e. The topological polar surface area (TPSA) is 74.6 Å². The van der Waals surface area contributed by atoms with E-state index in [9.17, 15) is 9.18 Å². The van der Waals surface area contributed by atoms with Crippen LogP contribution in [0, 0.1) is 5.82 Å². The predicted molar refractivity (Wildman–Crippen MR) is 128 cm³/mol. The van der Waals surface area contributed by atoms with E-state index >= 15 is 0 Å². The van der Waals surface area contributed by atoms with Crippen molar-refractivity contribution in [3.05, 3.63) is 82.4 Å². The molecule has 0 bridgehead atoms. The van der Waals surface area contributed by atoms with Crippen LogP contribution in [0.2, 0.25) is 5.02 Å². The molecule has 9 heteroatoms. The minimum absolute atomic E-state index is 0.107. The molecule has 3 aromatic carbocycles. The molecule has 0 saturated heterocycles. The van der Waals surface area contributed by atoms with Crippen LogP contribution in [-0.2, 0) is 13.1 Å². The maximum atomic E-state index is 14.5. The molecule has 7 nitrogen and oxygen atoms in total. The van der Waals surface area contributed by atoms with Gasteiger partial charge in [0.1, 0.15) is 11.6 Å². The summed E-state index contributed by atoms with van der Waals surface area (Å²) in [5.41, 5.74) is 2.21. The molecule has 1 N–H and O–H groups in total. The van der Waals surface area contributed by atoms with Crippen molar-refractivity contribution >= 4 is 28.5 Å². The molecule has 4 rings (SSSR count). The van der Waals surface area contributed by atoms with Gasteiger partial charge in [-0.3, -0.25) is 4.79 Å². The lowest BCUT2D eigenvalue weighted by Gasteiger charge is -2.15. The van der Waals surface area contributed by atoms with E-state index in [1.807, 2.05) is 28.8 Å². The van der Waals surface area contributed by atoms with Crippen molar-refractivity contribution in [2.45, 2.75) is 13.1 Å². The van der Waals surface area contributed by atoms with Crippen molar-refractivity contribution in [2.24, 2.45) is 0 Å². The zero-order valence-corrected chi connectivity index (χ0v) is 19.6. The summed E-state index contributed by atoms with van der Waals surface area (Å²) >= 11 is 6.26. The van der Waals surface area contributed by atoms with Gasteiger partial charge in [0, 0.05) is 16.1 Å². The molecule has 0 atom stereocenters. The fraction of sp³-hybridized carbons (Fsp3) is 0.200. The van der Waals surface area contributed by atoms with Crippen LogP contribution in [0.3, 0.4) is 0 Å². The first-order valence-electron chi connectivity index (χ1n) is 10.4. The highest BCUT2D eigenvalue weighted by Gasteiger charge is 2.19. The first kappa shape index (κ1) is 23.4. The van der Waals surface area contributed by atoms with Gasteiger partial charge in [-0.15, -0.1) is 0 Å². The molecule has 0 spiro atoms. The van der Waals surface area contributed by atoms with Gasteiger partial charge in [0.2, 0.25) is 5.75 Å². The number of benzene rings is 3. The van der Waals surface area contributed by atoms with E-state index in [0.717, 1.165) is 11.0 Å². The van der Waals surface area contributed by atoms with E-state index in [1.54, 1.807) is 24.3 Å². The normalized spacial score (nSPS) is 10.9. The number of methoxy groups -OCH3 is 3. The fourth-order valence-electron chi connectivity index (χ4n) is 3.75. The predicted octanol–water partition coefficient (Wildman–Crippen LogP) is 4.83. The molecule has 0 radical (unpaired) electrons. The van der Waals surface area contributed by atoms with Crippen molar-refractivity contribution < 1.29 is 23.4 Å². The van der Waals surface area contributed by atoms with Gasteiger partial charge in [-0.2, -0.15) is 0 Å². The number of aromatic nitrogens is 2. The Bertz CT molecular complexity index is 1310. The number of para-hydroxylation sites is 2. The molecule has 1 aromatic heterocycles. The summed E-state index contributed by atoms with van der Waals surface area (Å²) in [6.07, 6.45) is 0. The molecule has 0 saturated carbocycles. The van der Waals surface area contributed by atoms with Crippen molar-refractivity contribution in [2.75, 3.05) is 21.3 Å². The second-order valence-electron chi connectivity index (χ2n) is 7.40. The number of amides is 1. The van der Waals surface area contributed by atoms with Gasteiger partial charge in [-0.1, -0.05) is 29.8 Å². The zero-order valence-electron chi connectivity index (χ0n) is 18.9. The molecule has 0 aliphatic heterocycles. The molecule has 34 heavy (non-hydrogen) atoms. The van der Waals surface area contributed by atoms with Crippen molar-refractivity contribution in [3.8, 4) is 17.2 Å². The summed E-state index contributed by atoms with van der Waals surface area (Å²) in [7, 11) is 4.46. The maximum Gasteiger partial charge on any atom is 0.251 e. The van der Waals surface area contributed by atoms with Crippen LogP contribution in [0.4, 0.5) is 4.39 Å². The lowest BCUT2D eigenvalue weighted by Crippen LogP contribution is -2.25. The summed E-state index contributed by atoms with van der Waals surface area (Å²) in [4.78, 5) is 17.6. The molecule has 0 aliphatic rings. The summed E-state index contributed by atoms with van der Waals surface area (Å²) in [5, 5.41) is 3.20. The molecule has 0 fully saturated rings. The minimum atomic E-state index is -0.405. The molecule has 1 heterocycles. The second kappa shape index (κ2) is 10.0. The molecule has 176 valence electrons. The van der Waals surface area contributed by atoms with E-state index in [-0.39, 0.29) is 19.0 Å². The van der Waals surface area contributed by atoms with Gasteiger partial charge < -0.3 is 24.1 Å². The van der Waals surface area contributed by atoms with Crippen molar-refractivity contribution in [3.63, 3.8) is 0 Å². The standard InChI is InChI=1S/C25H23ClFN3O4/c1-32-21-11-15(12-22(33-2)24(21)34-3)25(31)28-13-23-29-19-9-4-5-10-20(19)30(23)14-16-17(26)7-6-8-18(16)27/h4-12H,13-14H2,1-3H3,(H,28,31). The largest absolute Gasteiger partial charge is 0.493 e. The quantitative estimate of drug-likeness (QED) is 0.388. The van der Waals surface area contributed by atoms with Crippen LogP contribution in [-0.4, -0.2) is 36.8 Å².